The Bertz CT molecular complexity index is 4230. The molecule has 34 heteroatoms. The smallest absolute Gasteiger partial charge is 0.363 e. The fourth-order valence-corrected chi connectivity index (χ4v) is 17.8. The molecule has 8 N–H and O–H groups in total. The Labute approximate surface area is 797 Å². The lowest BCUT2D eigenvalue weighted by molar-refractivity contribution is -0.389. The number of aliphatic hydroxyl groups excluding tert-OH is 5. The van der Waals surface area contributed by atoms with Gasteiger partial charge in [0.15, 0.2) is 18.2 Å². The zero-order valence-corrected chi connectivity index (χ0v) is 82.0. The number of benzene rings is 4. The Hall–Kier alpha value is -6.59. The van der Waals surface area contributed by atoms with Gasteiger partial charge in [-0.3, -0.25) is 39.2 Å². The average molecular weight is 1900 g/mol. The fraction of sp³-hybridized carbons (Fsp3) is 0.657. The molecule has 0 amide bonds. The van der Waals surface area contributed by atoms with Gasteiger partial charge < -0.3 is 94.9 Å². The van der Waals surface area contributed by atoms with E-state index in [9.17, 15) is 50.2 Å². The van der Waals surface area contributed by atoms with Gasteiger partial charge in [0.25, 0.3) is 0 Å². The summed E-state index contributed by atoms with van der Waals surface area (Å²) in [6, 6.07) is 47.5. The number of likely N-dealkylation sites (tertiary alicyclic amines) is 4. The van der Waals surface area contributed by atoms with Crippen LogP contribution in [-0.2, 0) is 59.3 Å². The summed E-state index contributed by atoms with van der Waals surface area (Å²) < 4.78 is 52.3. The second kappa shape index (κ2) is 51.9. The van der Waals surface area contributed by atoms with Crippen LogP contribution in [0.2, 0.25) is 0 Å². The monoisotopic (exact) mass is 1900 g/mol. The SMILES string of the molecule is CC(C)(C1CN(Cc2ccccc2)CCO1)N1CC(O)C1.CC(C)(C1CN(Cc2ccccc2)CCO1)N1CC(O)C1.CC(C)(C1CN(c2ccc([N+](=O)[O-])nc2)CCO1)N1CC(O)C1.CC(C)(C1CNCCO1)N1CC(O)C1.CC(C)(CCC(O)CCl)C1CN(Cc2ccccc2)CCO1.CC(C)(N)C1CN(Cc2ccccc2)CCO1.ClCC1CO1.O=[N+]([O-])c1ccc(F)cn1. The zero-order valence-electron chi connectivity index (χ0n) is 80.4. The number of pyridine rings is 2. The van der Waals surface area contributed by atoms with Crippen molar-refractivity contribution in [3.05, 3.63) is 206 Å². The molecule has 8 unspecified atom stereocenters. The third-order valence-electron chi connectivity index (χ3n) is 27.2. The van der Waals surface area contributed by atoms with Crippen molar-refractivity contribution in [3.63, 3.8) is 0 Å². The van der Waals surface area contributed by atoms with E-state index in [1.165, 1.54) is 28.3 Å². The molecule has 11 saturated heterocycles. The minimum Gasteiger partial charge on any atom is -0.392 e. The van der Waals surface area contributed by atoms with Crippen LogP contribution in [0.1, 0.15) is 118 Å². The zero-order chi connectivity index (χ0) is 96.1. The number of nitro groups is 2. The Balaban J connectivity index is 0.000000161. The van der Waals surface area contributed by atoms with Gasteiger partial charge in [-0.1, -0.05) is 135 Å². The summed E-state index contributed by atoms with van der Waals surface area (Å²) in [6.45, 7) is 52.4. The summed E-state index contributed by atoms with van der Waals surface area (Å²) >= 11 is 11.0. The minimum atomic E-state index is -0.681. The molecule has 0 aliphatic carbocycles. The number of nitrogens with zero attached hydrogens (tertiary/aromatic N) is 13. The molecule has 6 aromatic rings. The molecule has 13 heterocycles. The predicted octanol–water partition coefficient (Wildman–Crippen LogP) is 9.44. The highest BCUT2D eigenvalue weighted by atomic mass is 35.5. The first-order valence-corrected chi connectivity index (χ1v) is 48.4. The molecular weight excluding hydrogens is 1750 g/mol. The quantitative estimate of drug-likeness (QED) is 0.0115. The summed E-state index contributed by atoms with van der Waals surface area (Å²) in [5.74, 6) is -0.0951. The molecule has 4 aromatic carbocycles. The van der Waals surface area contributed by atoms with Crippen molar-refractivity contribution in [2.45, 2.75) is 223 Å². The lowest BCUT2D eigenvalue weighted by Crippen LogP contribution is -2.67. The van der Waals surface area contributed by atoms with Gasteiger partial charge in [-0.2, -0.15) is 0 Å². The Morgan fingerprint density at radius 2 is 0.774 bits per heavy atom. The molecular formula is C99H152Cl2FN15O16. The van der Waals surface area contributed by atoms with Crippen molar-refractivity contribution < 1.29 is 72.9 Å². The maximum absolute atomic E-state index is 12.1. The highest BCUT2D eigenvalue weighted by Crippen LogP contribution is 2.37. The first kappa shape index (κ1) is 108. The van der Waals surface area contributed by atoms with Crippen molar-refractivity contribution in [1.29, 1.82) is 0 Å². The number of ether oxygens (including phenoxy) is 7. The van der Waals surface area contributed by atoms with Gasteiger partial charge >= 0.3 is 11.6 Å². The van der Waals surface area contributed by atoms with Crippen molar-refractivity contribution in [2.75, 3.05) is 194 Å². The van der Waals surface area contributed by atoms with Gasteiger partial charge in [0, 0.05) is 203 Å². The number of rotatable bonds is 26. The average Bonchev–Trinajstić information content (AvgIpc) is 0.891. The standard InChI is InChI=1S/C18H28ClNO2.2C17H26N2O2.C15H22N4O4.C14H22N2O.C10H20N2O2.C5H3FN2O2.C3H5ClO/c1-18(2,9-8-16(21)12-19)17-14-20(10-11-22-17)13-15-6-4-3-5-7-15;2*1-17(2,19-11-15(20)12-19)16-13-18(8-9-21-16)10-14-6-4-3-5-7-14;1-15(2,18-8-12(20)9-18)13-10-17(5-6-23-13)11-3-4-14(16-7-11)19(21)22;1-14(2,15)13-11-16(8-9-17-13)10-12-6-4-3-5-7-12;1-10(2,12-6-8(13)7-12)9-5-11-3-4-14-9;6-4-1-2-5(7-3-4)8(9)10;4-1-3-2-5-3/h3-7,16-17,21H,8-14H2,1-2H3;2*3-7,15-16,20H,8-13H2,1-2H3;3-4,7,12-13,20H,5-6,8-10H2,1-2H3;3-7,13H,8-11,15H2,1-2H3;8-9,11,13H,3-7H2,1-2H3;1-3H;3H,1-2H2. The van der Waals surface area contributed by atoms with Gasteiger partial charge in [0.1, 0.15) is 0 Å². The lowest BCUT2D eigenvalue weighted by atomic mass is 9.80. The summed E-state index contributed by atoms with van der Waals surface area (Å²) in [6.07, 6.45) is 4.25. The number of hydrogen-bond donors (Lipinski definition) is 7. The molecule has 740 valence electrons. The first-order valence-electron chi connectivity index (χ1n) is 47.3. The number of alkyl halides is 2. The Morgan fingerprint density at radius 3 is 1.08 bits per heavy atom. The molecule has 11 aliphatic heterocycles. The summed E-state index contributed by atoms with van der Waals surface area (Å²) in [5.41, 5.74) is 12.0. The van der Waals surface area contributed by atoms with Gasteiger partial charge in [-0.05, 0) is 142 Å². The van der Waals surface area contributed by atoms with E-state index in [2.05, 4.69) is 250 Å². The van der Waals surface area contributed by atoms with Crippen LogP contribution in [-0.4, -0.2) is 374 Å². The van der Waals surface area contributed by atoms with Crippen LogP contribution in [0.15, 0.2) is 158 Å². The topological polar surface area (TPSA) is 348 Å². The van der Waals surface area contributed by atoms with E-state index in [-0.39, 0.29) is 106 Å². The van der Waals surface area contributed by atoms with Crippen molar-refractivity contribution >= 4 is 40.5 Å². The van der Waals surface area contributed by atoms with Crippen LogP contribution in [0, 0.1) is 31.5 Å². The third-order valence-corrected chi connectivity index (χ3v) is 27.9. The number of morpholine rings is 6. The number of aliphatic hydroxyl groups is 5. The van der Waals surface area contributed by atoms with Gasteiger partial charge in [0.2, 0.25) is 0 Å². The fourth-order valence-electron chi connectivity index (χ4n) is 17.5. The molecule has 31 nitrogen and oxygen atoms in total. The molecule has 0 spiro atoms. The molecule has 8 atom stereocenters. The maximum atomic E-state index is 12.1. The molecule has 133 heavy (non-hydrogen) atoms. The van der Waals surface area contributed by atoms with E-state index in [1.54, 1.807) is 12.3 Å². The number of β-amino-alcohol motifs (C(OH)–C–C–N with tert-alkyl or cyclic N) is 4. The number of nitrogens with one attached hydrogen (secondary N) is 1. The second-order valence-electron chi connectivity index (χ2n) is 40.0. The van der Waals surface area contributed by atoms with Crippen molar-refractivity contribution in [2.24, 2.45) is 11.1 Å². The second-order valence-corrected chi connectivity index (χ2v) is 40.6. The lowest BCUT2D eigenvalue weighted by Gasteiger charge is -2.52. The summed E-state index contributed by atoms with van der Waals surface area (Å²) in [5, 5.41) is 71.5. The molecule has 17 rings (SSSR count). The number of hydrogen-bond acceptors (Lipinski definition) is 29. The summed E-state index contributed by atoms with van der Waals surface area (Å²) in [7, 11) is 0. The van der Waals surface area contributed by atoms with E-state index in [4.69, 9.17) is 62.1 Å². The van der Waals surface area contributed by atoms with Crippen LogP contribution >= 0.6 is 23.2 Å². The molecule has 2 aromatic heterocycles. The molecule has 11 fully saturated rings. The number of halogens is 3. The third kappa shape index (κ3) is 34.2. The first-order chi connectivity index (χ1) is 63.3. The number of aromatic nitrogens is 2. The van der Waals surface area contributed by atoms with E-state index >= 15 is 0 Å². The van der Waals surface area contributed by atoms with Gasteiger partial charge in [-0.25, -0.2) is 4.39 Å². The van der Waals surface area contributed by atoms with Crippen LogP contribution in [0.5, 0.6) is 0 Å². The Morgan fingerprint density at radius 1 is 0.444 bits per heavy atom. The maximum Gasteiger partial charge on any atom is 0.363 e. The minimum absolute atomic E-state index is 0.000980. The Kier molecular flexibility index (Phi) is 42.3. The van der Waals surface area contributed by atoms with Crippen LogP contribution in [0.25, 0.3) is 0 Å². The van der Waals surface area contributed by atoms with Gasteiger partial charge in [0.05, 0.1) is 131 Å². The van der Waals surface area contributed by atoms with Crippen LogP contribution < -0.4 is 16.0 Å². The highest BCUT2D eigenvalue weighted by Gasteiger charge is 2.48. The largest absolute Gasteiger partial charge is 0.392 e. The van der Waals surface area contributed by atoms with E-state index in [1.807, 2.05) is 13.8 Å². The van der Waals surface area contributed by atoms with Crippen molar-refractivity contribution in [3.8, 4) is 0 Å². The molecule has 0 saturated carbocycles. The van der Waals surface area contributed by atoms with Crippen LogP contribution in [0.4, 0.5) is 21.7 Å². The molecule has 11 aliphatic rings. The number of epoxide rings is 1. The van der Waals surface area contributed by atoms with E-state index < -0.39 is 21.8 Å². The van der Waals surface area contributed by atoms with Gasteiger partial charge in [-0.15, -0.1) is 23.2 Å². The van der Waals surface area contributed by atoms with Crippen LogP contribution in [0.3, 0.4) is 0 Å². The highest BCUT2D eigenvalue weighted by molar-refractivity contribution is 6.18. The number of anilines is 1. The molecule has 0 bridgehead atoms. The molecule has 0 radical (unpaired) electrons. The van der Waals surface area contributed by atoms with E-state index in [0.29, 0.717) is 44.1 Å². The number of nitrogens with two attached hydrogens (primary N) is 1. The van der Waals surface area contributed by atoms with Crippen molar-refractivity contribution in [1.82, 2.24) is 54.5 Å². The normalized spacial score (nSPS) is 24.0. The summed E-state index contributed by atoms with van der Waals surface area (Å²) in [4.78, 5) is 47.7. The predicted molar refractivity (Wildman–Crippen MR) is 517 cm³/mol. The van der Waals surface area contributed by atoms with E-state index in [0.717, 1.165) is 214 Å².